The summed E-state index contributed by atoms with van der Waals surface area (Å²) in [6.07, 6.45) is 0.499. The molecule has 0 aliphatic rings. The van der Waals surface area contributed by atoms with Crippen molar-refractivity contribution in [2.75, 3.05) is 14.1 Å². The van der Waals surface area contributed by atoms with E-state index in [9.17, 15) is 4.79 Å². The van der Waals surface area contributed by atoms with Crippen molar-refractivity contribution in [1.82, 2.24) is 4.90 Å². The minimum atomic E-state index is 0.122. The third kappa shape index (κ3) is 3.09. The van der Waals surface area contributed by atoms with Crippen LogP contribution in [0, 0.1) is 11.3 Å². The van der Waals surface area contributed by atoms with Crippen LogP contribution in [-0.2, 0) is 4.79 Å². The van der Waals surface area contributed by atoms with Crippen LogP contribution in [0.4, 0.5) is 0 Å². The predicted molar refractivity (Wildman–Crippen MR) is 62.9 cm³/mol. The van der Waals surface area contributed by atoms with Gasteiger partial charge in [0.1, 0.15) is 0 Å². The van der Waals surface area contributed by atoms with Crippen molar-refractivity contribution in [3.8, 4) is 6.07 Å². The zero-order chi connectivity index (χ0) is 12.1. The molecule has 1 aromatic carbocycles. The molecular formula is C13H16N2O. The second-order valence-corrected chi connectivity index (χ2v) is 4.13. The number of carbonyl (C=O) groups excluding carboxylic acids is 1. The van der Waals surface area contributed by atoms with Crippen molar-refractivity contribution in [3.05, 3.63) is 35.4 Å². The van der Waals surface area contributed by atoms with Crippen molar-refractivity contribution in [3.63, 3.8) is 0 Å². The lowest BCUT2D eigenvalue weighted by Gasteiger charge is -2.15. The lowest BCUT2D eigenvalue weighted by atomic mass is 9.96. The third-order valence-electron chi connectivity index (χ3n) is 2.59. The molecule has 0 radical (unpaired) electrons. The smallest absolute Gasteiger partial charge is 0.222 e. The molecule has 1 unspecified atom stereocenters. The van der Waals surface area contributed by atoms with E-state index in [1.54, 1.807) is 31.1 Å². The van der Waals surface area contributed by atoms with Crippen molar-refractivity contribution >= 4 is 5.91 Å². The van der Waals surface area contributed by atoms with Gasteiger partial charge in [0, 0.05) is 20.5 Å². The molecule has 0 aromatic heterocycles. The SMILES string of the molecule is CC(CC(=O)N(C)C)c1ccc(C#N)cc1. The third-order valence-corrected chi connectivity index (χ3v) is 2.59. The number of carbonyl (C=O) groups is 1. The number of amides is 1. The fourth-order valence-electron chi connectivity index (χ4n) is 1.45. The summed E-state index contributed by atoms with van der Waals surface area (Å²) in [7, 11) is 3.52. The van der Waals surface area contributed by atoms with Gasteiger partial charge in [-0.3, -0.25) is 4.79 Å². The van der Waals surface area contributed by atoms with E-state index in [4.69, 9.17) is 5.26 Å². The summed E-state index contributed by atoms with van der Waals surface area (Å²) in [5, 5.41) is 8.67. The molecule has 1 atom stereocenters. The predicted octanol–water partition coefficient (Wildman–Crippen LogP) is 2.14. The number of nitrogens with zero attached hydrogens (tertiary/aromatic N) is 2. The van der Waals surface area contributed by atoms with Crippen molar-refractivity contribution in [1.29, 1.82) is 5.26 Å². The summed E-state index contributed by atoms with van der Waals surface area (Å²) >= 11 is 0. The molecule has 0 aliphatic carbocycles. The second-order valence-electron chi connectivity index (χ2n) is 4.13. The van der Waals surface area contributed by atoms with Crippen molar-refractivity contribution in [2.24, 2.45) is 0 Å². The average Bonchev–Trinajstić information content (AvgIpc) is 2.28. The molecule has 16 heavy (non-hydrogen) atoms. The van der Waals surface area contributed by atoms with E-state index in [2.05, 4.69) is 6.07 Å². The Bertz CT molecular complexity index is 401. The summed E-state index contributed by atoms with van der Waals surface area (Å²) < 4.78 is 0. The van der Waals surface area contributed by atoms with E-state index in [1.807, 2.05) is 19.1 Å². The first-order valence-electron chi connectivity index (χ1n) is 5.24. The van der Waals surface area contributed by atoms with Gasteiger partial charge in [0.25, 0.3) is 0 Å². The van der Waals surface area contributed by atoms with E-state index in [0.717, 1.165) is 5.56 Å². The van der Waals surface area contributed by atoms with Crippen LogP contribution < -0.4 is 0 Å². The number of nitriles is 1. The van der Waals surface area contributed by atoms with E-state index < -0.39 is 0 Å². The maximum Gasteiger partial charge on any atom is 0.222 e. The quantitative estimate of drug-likeness (QED) is 0.777. The van der Waals surface area contributed by atoms with Gasteiger partial charge in [0.2, 0.25) is 5.91 Å². The Morgan fingerprint density at radius 1 is 1.38 bits per heavy atom. The molecule has 0 fully saturated rings. The molecule has 3 nitrogen and oxygen atoms in total. The molecule has 3 heteroatoms. The molecule has 0 saturated heterocycles. The van der Waals surface area contributed by atoms with Crippen molar-refractivity contribution in [2.45, 2.75) is 19.3 Å². The van der Waals surface area contributed by atoms with Gasteiger partial charge in [-0.25, -0.2) is 0 Å². The number of hydrogen-bond donors (Lipinski definition) is 0. The van der Waals surface area contributed by atoms with Gasteiger partial charge >= 0.3 is 0 Å². The standard InChI is InChI=1S/C13H16N2O/c1-10(8-13(16)15(2)3)12-6-4-11(9-14)5-7-12/h4-7,10H,8H2,1-3H3. The molecule has 0 N–H and O–H groups in total. The second kappa shape index (κ2) is 5.32. The molecule has 1 amide bonds. The van der Waals surface area contributed by atoms with E-state index in [0.29, 0.717) is 12.0 Å². The van der Waals surface area contributed by atoms with Crippen LogP contribution in [0.2, 0.25) is 0 Å². The van der Waals surface area contributed by atoms with Gasteiger partial charge in [-0.1, -0.05) is 19.1 Å². The summed E-state index contributed by atoms with van der Waals surface area (Å²) in [4.78, 5) is 13.1. The van der Waals surface area contributed by atoms with Crippen molar-refractivity contribution < 1.29 is 4.79 Å². The number of benzene rings is 1. The summed E-state index contributed by atoms with van der Waals surface area (Å²) in [5.41, 5.74) is 1.74. The average molecular weight is 216 g/mol. The Balaban J connectivity index is 2.70. The van der Waals surface area contributed by atoms with Crippen LogP contribution in [0.3, 0.4) is 0 Å². The topological polar surface area (TPSA) is 44.1 Å². The summed E-state index contributed by atoms with van der Waals surface area (Å²) in [5.74, 6) is 0.305. The Morgan fingerprint density at radius 3 is 2.38 bits per heavy atom. The molecule has 1 aromatic rings. The number of rotatable bonds is 3. The number of hydrogen-bond acceptors (Lipinski definition) is 2. The van der Waals surface area contributed by atoms with E-state index >= 15 is 0 Å². The highest BCUT2D eigenvalue weighted by molar-refractivity contribution is 5.76. The summed E-state index contributed by atoms with van der Waals surface area (Å²) in [6, 6.07) is 9.46. The minimum absolute atomic E-state index is 0.122. The molecule has 0 heterocycles. The molecule has 0 saturated carbocycles. The zero-order valence-corrected chi connectivity index (χ0v) is 9.90. The van der Waals surface area contributed by atoms with Crippen LogP contribution in [-0.4, -0.2) is 24.9 Å². The van der Waals surface area contributed by atoms with Crippen LogP contribution in [0.1, 0.15) is 30.4 Å². The van der Waals surface area contributed by atoms with Crippen LogP contribution in [0.25, 0.3) is 0 Å². The van der Waals surface area contributed by atoms with Gasteiger partial charge in [0.05, 0.1) is 11.6 Å². The Labute approximate surface area is 96.3 Å². The Kier molecular flexibility index (Phi) is 4.07. The first kappa shape index (κ1) is 12.3. The maximum absolute atomic E-state index is 11.5. The van der Waals surface area contributed by atoms with Gasteiger partial charge in [-0.2, -0.15) is 5.26 Å². The first-order chi connectivity index (χ1) is 7.54. The van der Waals surface area contributed by atoms with Gasteiger partial charge < -0.3 is 4.90 Å². The molecular weight excluding hydrogens is 200 g/mol. The van der Waals surface area contributed by atoms with Gasteiger partial charge in [-0.05, 0) is 23.6 Å². The summed E-state index contributed by atoms with van der Waals surface area (Å²) in [6.45, 7) is 2.02. The highest BCUT2D eigenvalue weighted by Gasteiger charge is 2.12. The monoisotopic (exact) mass is 216 g/mol. The molecule has 1 rings (SSSR count). The van der Waals surface area contributed by atoms with Crippen LogP contribution in [0.5, 0.6) is 0 Å². The van der Waals surface area contributed by atoms with E-state index in [-0.39, 0.29) is 11.8 Å². The molecule has 0 spiro atoms. The zero-order valence-electron chi connectivity index (χ0n) is 9.90. The largest absolute Gasteiger partial charge is 0.349 e. The Morgan fingerprint density at radius 2 is 1.94 bits per heavy atom. The van der Waals surface area contributed by atoms with Crippen LogP contribution in [0.15, 0.2) is 24.3 Å². The normalized spacial score (nSPS) is 11.6. The fourth-order valence-corrected chi connectivity index (χ4v) is 1.45. The lowest BCUT2D eigenvalue weighted by molar-refractivity contribution is -0.129. The van der Waals surface area contributed by atoms with Gasteiger partial charge in [-0.15, -0.1) is 0 Å². The van der Waals surface area contributed by atoms with Gasteiger partial charge in [0.15, 0.2) is 0 Å². The first-order valence-corrected chi connectivity index (χ1v) is 5.24. The van der Waals surface area contributed by atoms with E-state index in [1.165, 1.54) is 0 Å². The highest BCUT2D eigenvalue weighted by atomic mass is 16.2. The highest BCUT2D eigenvalue weighted by Crippen LogP contribution is 2.19. The van der Waals surface area contributed by atoms with Crippen LogP contribution >= 0.6 is 0 Å². The molecule has 0 aliphatic heterocycles. The molecule has 84 valence electrons. The minimum Gasteiger partial charge on any atom is -0.349 e. The molecule has 0 bridgehead atoms. The lowest BCUT2D eigenvalue weighted by Crippen LogP contribution is -2.22. The fraction of sp³-hybridized carbons (Fsp3) is 0.385. The Hall–Kier alpha value is -1.82. The maximum atomic E-state index is 11.5.